The number of H-pyrrole nitrogens is 1. The Hall–Kier alpha value is -5.61. The Kier molecular flexibility index (Phi) is 4.44. The zero-order valence-corrected chi connectivity index (χ0v) is 22.0. The molecule has 0 aliphatic carbocycles. The molecule has 0 unspecified atom stereocenters. The average Bonchev–Trinajstić information content (AvgIpc) is 3.55. The lowest BCUT2D eigenvalue weighted by Gasteiger charge is -2.11. The largest absolute Gasteiger partial charge is 0.321 e. The fourth-order valence-electron chi connectivity index (χ4n) is 6.83. The smallest absolute Gasteiger partial charge is 0.256 e. The predicted octanol–water partition coefficient (Wildman–Crippen LogP) is 8.88. The molecule has 0 bridgehead atoms. The first-order valence-electron chi connectivity index (χ1n) is 13.8. The molecule has 0 aliphatic rings. The van der Waals surface area contributed by atoms with Crippen molar-refractivity contribution in [2.24, 2.45) is 0 Å². The molecule has 9 aromatic rings. The first kappa shape index (κ1) is 22.2. The molecule has 3 aromatic heterocycles. The monoisotopic (exact) mass is 525 g/mol. The molecule has 41 heavy (non-hydrogen) atoms. The van der Waals surface area contributed by atoms with E-state index in [9.17, 15) is 4.79 Å². The van der Waals surface area contributed by atoms with Crippen LogP contribution < -0.4 is 5.56 Å². The maximum Gasteiger partial charge on any atom is 0.256 e. The second-order valence-electron chi connectivity index (χ2n) is 10.6. The van der Waals surface area contributed by atoms with Gasteiger partial charge < -0.3 is 14.1 Å². The zero-order chi connectivity index (χ0) is 27.1. The fraction of sp³-hybridized carbons (Fsp3) is 0. The quantitative estimate of drug-likeness (QED) is 0.225. The summed E-state index contributed by atoms with van der Waals surface area (Å²) in [6.07, 6.45) is 0. The van der Waals surface area contributed by atoms with E-state index in [2.05, 4.69) is 129 Å². The van der Waals surface area contributed by atoms with Gasteiger partial charge in [0.2, 0.25) is 0 Å². The summed E-state index contributed by atoms with van der Waals surface area (Å²) in [7, 11) is 0. The molecule has 192 valence electrons. The van der Waals surface area contributed by atoms with E-state index in [0.29, 0.717) is 5.39 Å². The first-order valence-corrected chi connectivity index (χ1v) is 13.8. The summed E-state index contributed by atoms with van der Waals surface area (Å²) in [5.74, 6) is 0. The van der Waals surface area contributed by atoms with Crippen molar-refractivity contribution in [1.29, 1.82) is 0 Å². The Balaban J connectivity index is 1.59. The molecule has 0 radical (unpaired) electrons. The van der Waals surface area contributed by atoms with Gasteiger partial charge in [-0.3, -0.25) is 4.79 Å². The Morgan fingerprint density at radius 3 is 1.46 bits per heavy atom. The third-order valence-electron chi connectivity index (χ3n) is 8.45. The van der Waals surface area contributed by atoms with Gasteiger partial charge >= 0.3 is 0 Å². The van der Waals surface area contributed by atoms with Gasteiger partial charge in [0.1, 0.15) is 0 Å². The van der Waals surface area contributed by atoms with Gasteiger partial charge in [-0.1, -0.05) is 72.8 Å². The number of fused-ring (bicyclic) bond motifs is 11. The van der Waals surface area contributed by atoms with Gasteiger partial charge in [-0.05, 0) is 60.7 Å². The molecule has 0 aliphatic heterocycles. The number of benzene rings is 6. The SMILES string of the molecule is O=c1[nH]c2ccc3c(c4ccccc4n3-c3ccccc3)c2c2c1ccc1c2c2ccccc2n1-c1ccccc1. The minimum atomic E-state index is -0.0721. The summed E-state index contributed by atoms with van der Waals surface area (Å²) < 4.78 is 4.64. The first-order chi connectivity index (χ1) is 20.3. The maximum atomic E-state index is 13.6. The molecule has 4 heteroatoms. The summed E-state index contributed by atoms with van der Waals surface area (Å²) in [4.78, 5) is 16.8. The summed E-state index contributed by atoms with van der Waals surface area (Å²) >= 11 is 0. The van der Waals surface area contributed by atoms with E-state index < -0.39 is 0 Å². The van der Waals surface area contributed by atoms with Gasteiger partial charge in [-0.2, -0.15) is 0 Å². The fourth-order valence-corrected chi connectivity index (χ4v) is 6.83. The van der Waals surface area contributed by atoms with E-state index in [-0.39, 0.29) is 5.56 Å². The Labute approximate surface area is 234 Å². The van der Waals surface area contributed by atoms with Crippen LogP contribution in [-0.4, -0.2) is 14.1 Å². The van der Waals surface area contributed by atoms with Crippen LogP contribution in [0.15, 0.2) is 138 Å². The maximum absolute atomic E-state index is 13.6. The van der Waals surface area contributed by atoms with E-state index in [1.807, 2.05) is 18.2 Å². The number of para-hydroxylation sites is 4. The summed E-state index contributed by atoms with van der Waals surface area (Å²) in [6.45, 7) is 0. The highest BCUT2D eigenvalue weighted by molar-refractivity contribution is 6.35. The van der Waals surface area contributed by atoms with E-state index >= 15 is 0 Å². The minimum Gasteiger partial charge on any atom is -0.321 e. The third-order valence-corrected chi connectivity index (χ3v) is 8.45. The van der Waals surface area contributed by atoms with Gasteiger partial charge in [0.15, 0.2) is 0 Å². The predicted molar refractivity (Wildman–Crippen MR) is 171 cm³/mol. The van der Waals surface area contributed by atoms with Crippen LogP contribution in [0, 0.1) is 0 Å². The van der Waals surface area contributed by atoms with Crippen molar-refractivity contribution in [1.82, 2.24) is 14.1 Å². The molecule has 6 aromatic carbocycles. The van der Waals surface area contributed by atoms with E-state index in [0.717, 1.165) is 71.3 Å². The Morgan fingerprint density at radius 2 is 0.878 bits per heavy atom. The molecular formula is C37H23N3O. The molecule has 4 nitrogen and oxygen atoms in total. The number of rotatable bonds is 2. The number of nitrogens with one attached hydrogen (secondary N) is 1. The highest BCUT2D eigenvalue weighted by atomic mass is 16.1. The highest BCUT2D eigenvalue weighted by Crippen LogP contribution is 2.43. The molecule has 9 rings (SSSR count). The molecule has 0 amide bonds. The molecule has 0 saturated heterocycles. The van der Waals surface area contributed by atoms with Crippen molar-refractivity contribution in [3.05, 3.63) is 144 Å². The Morgan fingerprint density at radius 1 is 0.390 bits per heavy atom. The number of aromatic amines is 1. The van der Waals surface area contributed by atoms with Gasteiger partial charge in [0.05, 0.1) is 22.1 Å². The van der Waals surface area contributed by atoms with Crippen LogP contribution in [0.1, 0.15) is 0 Å². The molecule has 0 fully saturated rings. The van der Waals surface area contributed by atoms with Crippen LogP contribution >= 0.6 is 0 Å². The number of pyridine rings is 1. The lowest BCUT2D eigenvalue weighted by molar-refractivity contribution is 1.18. The van der Waals surface area contributed by atoms with Gasteiger partial charge in [-0.15, -0.1) is 0 Å². The van der Waals surface area contributed by atoms with Crippen molar-refractivity contribution < 1.29 is 0 Å². The third kappa shape index (κ3) is 2.96. The summed E-state index contributed by atoms with van der Waals surface area (Å²) in [5.41, 5.74) is 7.43. The van der Waals surface area contributed by atoms with E-state index in [1.165, 1.54) is 0 Å². The standard InChI is InChI=1S/C37H23N3O/c41-37-27-19-21-31-33(25-15-7-9-17-29(25)39(31)23-11-3-1-4-12-23)35(27)36-28(38-37)20-22-32-34(36)26-16-8-10-18-30(26)40(32)24-13-5-2-6-14-24/h1-22H,(H,38,41). The van der Waals surface area contributed by atoms with Crippen LogP contribution in [-0.2, 0) is 0 Å². The summed E-state index contributed by atoms with van der Waals surface area (Å²) in [5, 5.41) is 7.30. The van der Waals surface area contributed by atoms with E-state index in [4.69, 9.17) is 0 Å². The van der Waals surface area contributed by atoms with E-state index in [1.54, 1.807) is 0 Å². The van der Waals surface area contributed by atoms with Gasteiger partial charge in [0, 0.05) is 54.6 Å². The normalized spacial score (nSPS) is 12.0. The van der Waals surface area contributed by atoms with Gasteiger partial charge in [-0.25, -0.2) is 0 Å². The molecule has 0 atom stereocenters. The van der Waals surface area contributed by atoms with Crippen LogP contribution in [0.4, 0.5) is 0 Å². The second kappa shape index (κ2) is 8.20. The van der Waals surface area contributed by atoms with Crippen LogP contribution in [0.3, 0.4) is 0 Å². The second-order valence-corrected chi connectivity index (χ2v) is 10.6. The van der Waals surface area contributed by atoms with Crippen LogP contribution in [0.2, 0.25) is 0 Å². The Bertz CT molecular complexity index is 2530. The number of aromatic nitrogens is 3. The van der Waals surface area contributed by atoms with Crippen LogP contribution in [0.5, 0.6) is 0 Å². The average molecular weight is 526 g/mol. The molecule has 1 N–H and O–H groups in total. The van der Waals surface area contributed by atoms with Crippen molar-refractivity contribution in [3.63, 3.8) is 0 Å². The molecular weight excluding hydrogens is 502 g/mol. The lowest BCUT2D eigenvalue weighted by Crippen LogP contribution is -2.06. The highest BCUT2D eigenvalue weighted by Gasteiger charge is 2.21. The number of nitrogens with zero attached hydrogens (tertiary/aromatic N) is 2. The van der Waals surface area contributed by atoms with Crippen molar-refractivity contribution in [2.45, 2.75) is 0 Å². The summed E-state index contributed by atoms with van der Waals surface area (Å²) in [6, 6.07) is 46.3. The van der Waals surface area contributed by atoms with Crippen LogP contribution in [0.25, 0.3) is 76.7 Å². The number of hydrogen-bond donors (Lipinski definition) is 1. The lowest BCUT2D eigenvalue weighted by atomic mass is 9.97. The molecule has 0 saturated carbocycles. The number of hydrogen-bond acceptors (Lipinski definition) is 1. The zero-order valence-electron chi connectivity index (χ0n) is 22.0. The van der Waals surface area contributed by atoms with Crippen molar-refractivity contribution in [2.75, 3.05) is 0 Å². The molecule has 0 spiro atoms. The topological polar surface area (TPSA) is 42.7 Å². The molecule has 3 heterocycles. The van der Waals surface area contributed by atoms with Crippen molar-refractivity contribution >= 4 is 65.3 Å². The van der Waals surface area contributed by atoms with Crippen molar-refractivity contribution in [3.8, 4) is 11.4 Å². The minimum absolute atomic E-state index is 0.0721. The van der Waals surface area contributed by atoms with Gasteiger partial charge in [0.25, 0.3) is 5.56 Å².